The molecular weight excluding hydrogens is 304 g/mol. The largest absolute Gasteiger partial charge is 0.423 e. The molecule has 2 aromatic carbocycles. The van der Waals surface area contributed by atoms with E-state index in [1.807, 2.05) is 13.0 Å². The summed E-state index contributed by atoms with van der Waals surface area (Å²) in [6.07, 6.45) is 3.85. The molecule has 1 N–H and O–H groups in total. The SMILES string of the molecule is CCCCC(=O)N/N=C/c1ccc(OC(=O)c2ccccc2)cc1. The zero-order valence-electron chi connectivity index (χ0n) is 13.6. The van der Waals surface area contributed by atoms with Gasteiger partial charge in [0.25, 0.3) is 0 Å². The molecular formula is C19H20N2O3. The van der Waals surface area contributed by atoms with E-state index in [1.165, 1.54) is 0 Å². The van der Waals surface area contributed by atoms with Gasteiger partial charge in [-0.15, -0.1) is 0 Å². The number of carbonyl (C=O) groups excluding carboxylic acids is 2. The summed E-state index contributed by atoms with van der Waals surface area (Å²) in [4.78, 5) is 23.4. The predicted molar refractivity (Wildman–Crippen MR) is 93.1 cm³/mol. The molecule has 124 valence electrons. The molecule has 1 amide bonds. The standard InChI is InChI=1S/C19H20N2O3/c1-2-3-9-18(22)21-20-14-15-10-12-17(13-11-15)24-19(23)16-7-5-4-6-8-16/h4-8,10-14H,2-3,9H2,1H3,(H,21,22)/b20-14+. The molecule has 24 heavy (non-hydrogen) atoms. The maximum atomic E-state index is 11.9. The third-order valence-corrected chi connectivity index (χ3v) is 3.26. The average Bonchev–Trinajstić information content (AvgIpc) is 2.62. The number of esters is 1. The van der Waals surface area contributed by atoms with Crippen LogP contribution in [0.2, 0.25) is 0 Å². The maximum Gasteiger partial charge on any atom is 0.343 e. The maximum absolute atomic E-state index is 11.9. The Morgan fingerprint density at radius 2 is 1.79 bits per heavy atom. The molecule has 0 unspecified atom stereocenters. The Morgan fingerprint density at radius 1 is 1.08 bits per heavy atom. The van der Waals surface area contributed by atoms with Crippen molar-refractivity contribution < 1.29 is 14.3 Å². The summed E-state index contributed by atoms with van der Waals surface area (Å²) in [5, 5.41) is 3.90. The summed E-state index contributed by atoms with van der Waals surface area (Å²) in [5.74, 6) is -0.0466. The Hall–Kier alpha value is -2.95. The highest BCUT2D eigenvalue weighted by atomic mass is 16.5. The minimum atomic E-state index is -0.403. The molecule has 0 aromatic heterocycles. The van der Waals surface area contributed by atoms with Crippen molar-refractivity contribution in [2.24, 2.45) is 5.10 Å². The van der Waals surface area contributed by atoms with Crippen molar-refractivity contribution in [1.29, 1.82) is 0 Å². The molecule has 5 nitrogen and oxygen atoms in total. The van der Waals surface area contributed by atoms with Gasteiger partial charge in [-0.1, -0.05) is 31.5 Å². The van der Waals surface area contributed by atoms with Gasteiger partial charge >= 0.3 is 5.97 Å². The Kier molecular flexibility index (Phi) is 6.71. The van der Waals surface area contributed by atoms with Crippen LogP contribution in [0.4, 0.5) is 0 Å². The van der Waals surface area contributed by atoms with Crippen LogP contribution in [0.25, 0.3) is 0 Å². The zero-order chi connectivity index (χ0) is 17.2. The molecule has 0 aliphatic rings. The number of nitrogens with one attached hydrogen (secondary N) is 1. The third kappa shape index (κ3) is 5.68. The van der Waals surface area contributed by atoms with Crippen molar-refractivity contribution in [2.75, 3.05) is 0 Å². The van der Waals surface area contributed by atoms with Gasteiger partial charge in [-0.25, -0.2) is 10.2 Å². The first-order valence-corrected chi connectivity index (χ1v) is 7.88. The van der Waals surface area contributed by atoms with E-state index in [0.29, 0.717) is 17.7 Å². The van der Waals surface area contributed by atoms with Gasteiger partial charge in [-0.05, 0) is 48.4 Å². The minimum absolute atomic E-state index is 0.0958. The molecule has 0 fully saturated rings. The second-order valence-corrected chi connectivity index (χ2v) is 5.22. The van der Waals surface area contributed by atoms with Crippen molar-refractivity contribution in [3.63, 3.8) is 0 Å². The third-order valence-electron chi connectivity index (χ3n) is 3.26. The van der Waals surface area contributed by atoms with Crippen LogP contribution in [-0.4, -0.2) is 18.1 Å². The lowest BCUT2D eigenvalue weighted by atomic mass is 10.2. The average molecular weight is 324 g/mol. The van der Waals surface area contributed by atoms with Crippen molar-refractivity contribution in [1.82, 2.24) is 5.43 Å². The van der Waals surface area contributed by atoms with E-state index in [2.05, 4.69) is 10.5 Å². The minimum Gasteiger partial charge on any atom is -0.423 e. The van der Waals surface area contributed by atoms with Crippen LogP contribution in [0.3, 0.4) is 0 Å². The lowest BCUT2D eigenvalue weighted by Crippen LogP contribution is -2.16. The molecule has 0 aliphatic carbocycles. The topological polar surface area (TPSA) is 67.8 Å². The monoisotopic (exact) mass is 324 g/mol. The van der Waals surface area contributed by atoms with E-state index in [9.17, 15) is 9.59 Å². The van der Waals surface area contributed by atoms with E-state index in [1.54, 1.807) is 54.7 Å². The van der Waals surface area contributed by atoms with E-state index in [-0.39, 0.29) is 5.91 Å². The van der Waals surface area contributed by atoms with Gasteiger partial charge in [0.05, 0.1) is 11.8 Å². The molecule has 5 heteroatoms. The van der Waals surface area contributed by atoms with Crippen molar-refractivity contribution >= 4 is 18.1 Å². The number of benzene rings is 2. The van der Waals surface area contributed by atoms with Crippen LogP contribution in [0.5, 0.6) is 5.75 Å². The van der Waals surface area contributed by atoms with Crippen LogP contribution in [0.15, 0.2) is 59.7 Å². The molecule has 0 radical (unpaired) electrons. The van der Waals surface area contributed by atoms with Crippen LogP contribution >= 0.6 is 0 Å². The first kappa shape index (κ1) is 17.4. The predicted octanol–water partition coefficient (Wildman–Crippen LogP) is 3.55. The van der Waals surface area contributed by atoms with E-state index >= 15 is 0 Å². The molecule has 0 heterocycles. The van der Waals surface area contributed by atoms with Crippen molar-refractivity contribution in [2.45, 2.75) is 26.2 Å². The Labute approximate surface area is 141 Å². The molecule has 0 saturated carbocycles. The second-order valence-electron chi connectivity index (χ2n) is 5.22. The van der Waals surface area contributed by atoms with Gasteiger partial charge in [-0.3, -0.25) is 4.79 Å². The van der Waals surface area contributed by atoms with Gasteiger partial charge in [0.15, 0.2) is 0 Å². The fraction of sp³-hybridized carbons (Fsp3) is 0.211. The first-order valence-electron chi connectivity index (χ1n) is 7.88. The highest BCUT2D eigenvalue weighted by Gasteiger charge is 2.07. The number of hydrogen-bond donors (Lipinski definition) is 1. The van der Waals surface area contributed by atoms with E-state index < -0.39 is 5.97 Å². The Bertz CT molecular complexity index is 694. The number of hydrazone groups is 1. The number of unbranched alkanes of at least 4 members (excludes halogenated alkanes) is 1. The van der Waals surface area contributed by atoms with Crippen LogP contribution < -0.4 is 10.2 Å². The van der Waals surface area contributed by atoms with Gasteiger partial charge < -0.3 is 4.74 Å². The number of rotatable bonds is 7. The van der Waals surface area contributed by atoms with Crippen LogP contribution in [0.1, 0.15) is 42.1 Å². The molecule has 0 atom stereocenters. The Balaban J connectivity index is 1.86. The number of nitrogens with zero attached hydrogens (tertiary/aromatic N) is 1. The van der Waals surface area contributed by atoms with Gasteiger partial charge in [0.1, 0.15) is 5.75 Å². The summed E-state index contributed by atoms with van der Waals surface area (Å²) in [5.41, 5.74) is 3.77. The summed E-state index contributed by atoms with van der Waals surface area (Å²) < 4.78 is 5.29. The molecule has 0 bridgehead atoms. The lowest BCUT2D eigenvalue weighted by molar-refractivity contribution is -0.121. The molecule has 0 saturated heterocycles. The summed E-state index contributed by atoms with van der Waals surface area (Å²) in [7, 11) is 0. The normalized spacial score (nSPS) is 10.5. The Morgan fingerprint density at radius 3 is 2.46 bits per heavy atom. The number of amides is 1. The van der Waals surface area contributed by atoms with Gasteiger partial charge in [0.2, 0.25) is 5.91 Å². The summed E-state index contributed by atoms with van der Waals surface area (Å²) in [6, 6.07) is 15.7. The smallest absolute Gasteiger partial charge is 0.343 e. The van der Waals surface area contributed by atoms with Crippen molar-refractivity contribution in [3.8, 4) is 5.75 Å². The second kappa shape index (κ2) is 9.25. The molecule has 0 aliphatic heterocycles. The molecule has 2 aromatic rings. The number of carbonyl (C=O) groups is 2. The lowest BCUT2D eigenvalue weighted by Gasteiger charge is -2.04. The van der Waals surface area contributed by atoms with Crippen LogP contribution in [-0.2, 0) is 4.79 Å². The zero-order valence-corrected chi connectivity index (χ0v) is 13.6. The molecule has 0 spiro atoms. The van der Waals surface area contributed by atoms with Gasteiger partial charge in [0, 0.05) is 6.42 Å². The molecule has 2 rings (SSSR count). The number of ether oxygens (including phenoxy) is 1. The number of hydrogen-bond acceptors (Lipinski definition) is 4. The van der Waals surface area contributed by atoms with E-state index in [0.717, 1.165) is 18.4 Å². The first-order chi connectivity index (χ1) is 11.7. The van der Waals surface area contributed by atoms with Crippen molar-refractivity contribution in [3.05, 3.63) is 65.7 Å². The van der Waals surface area contributed by atoms with Gasteiger partial charge in [-0.2, -0.15) is 5.10 Å². The quantitative estimate of drug-likeness (QED) is 0.366. The summed E-state index contributed by atoms with van der Waals surface area (Å²) in [6.45, 7) is 2.03. The summed E-state index contributed by atoms with van der Waals surface area (Å²) >= 11 is 0. The van der Waals surface area contributed by atoms with Crippen LogP contribution in [0, 0.1) is 0 Å². The highest BCUT2D eigenvalue weighted by Crippen LogP contribution is 2.13. The van der Waals surface area contributed by atoms with E-state index in [4.69, 9.17) is 4.74 Å². The fourth-order valence-electron chi connectivity index (χ4n) is 1.93. The highest BCUT2D eigenvalue weighted by molar-refractivity contribution is 5.91. The fourth-order valence-corrected chi connectivity index (χ4v) is 1.93.